The van der Waals surface area contributed by atoms with Crippen LogP contribution in [0.2, 0.25) is 0 Å². The molecule has 2 saturated carbocycles. The Bertz CT molecular complexity index is 1970. The maximum absolute atomic E-state index is 13.1. The van der Waals surface area contributed by atoms with E-state index in [4.69, 9.17) is 18.9 Å². The van der Waals surface area contributed by atoms with Crippen molar-refractivity contribution in [2.75, 3.05) is 0 Å². The van der Waals surface area contributed by atoms with E-state index >= 15 is 0 Å². The summed E-state index contributed by atoms with van der Waals surface area (Å²) >= 11 is 0. The van der Waals surface area contributed by atoms with Crippen LogP contribution in [-0.2, 0) is 38.1 Å². The molecule has 11 rings (SSSR count). The number of hydrogen-bond donors (Lipinski definition) is 0. The minimum Gasteiger partial charge on any atom is -0.454 e. The predicted molar refractivity (Wildman–Crippen MR) is 210 cm³/mol. The van der Waals surface area contributed by atoms with Gasteiger partial charge in [0.15, 0.2) is 0 Å². The van der Waals surface area contributed by atoms with Crippen LogP contribution in [0.25, 0.3) is 0 Å². The standard InChI is InChI=1S/C24H28O4.C24H30O4/c1-3-5-11-19-16-13-12-14-17(8-4-2)24(21(14)20(16)23(26)27-19)18-10-7-6-9-15(18)22(25)28-24;1-3-5-7-18-16-10-9-15-14-11-12-24(21(15)20(16)23(26)27-18)17(13-14)22(25)28-19(24)8-6-4-2/h6,9,11,14,17,21H,3-5,7-8,10,12-13H2,1-2H3;8,13-15,18,21H,3-7,9-12H2,1-2H3/b19-11-;19-8-/t;14?,15-,18?,21?,24-/m.0/s1. The van der Waals surface area contributed by atoms with Crippen molar-refractivity contribution in [1.29, 1.82) is 0 Å². The van der Waals surface area contributed by atoms with Gasteiger partial charge in [-0.25, -0.2) is 19.2 Å². The number of fused-ring (bicyclic) bond motifs is 5. The summed E-state index contributed by atoms with van der Waals surface area (Å²) in [5, 5.41) is 0. The van der Waals surface area contributed by atoms with Gasteiger partial charge in [0.25, 0.3) is 0 Å². The highest BCUT2D eigenvalue weighted by molar-refractivity contribution is 6.00. The lowest BCUT2D eigenvalue weighted by Crippen LogP contribution is -2.65. The second kappa shape index (κ2) is 14.5. The molecule has 7 unspecified atom stereocenters. The van der Waals surface area contributed by atoms with Gasteiger partial charge >= 0.3 is 23.9 Å². The van der Waals surface area contributed by atoms with Crippen LogP contribution in [0.5, 0.6) is 0 Å². The first-order valence-corrected chi connectivity index (χ1v) is 22.1. The van der Waals surface area contributed by atoms with Gasteiger partial charge in [-0.1, -0.05) is 71.6 Å². The zero-order chi connectivity index (χ0) is 38.9. The Morgan fingerprint density at radius 3 is 2.36 bits per heavy atom. The van der Waals surface area contributed by atoms with Crippen LogP contribution < -0.4 is 0 Å². The molecule has 0 radical (unpaired) electrons. The number of ether oxygens (including phenoxy) is 4. The molecule has 9 atom stereocenters. The minimum atomic E-state index is -0.613. The highest BCUT2D eigenvalue weighted by atomic mass is 16.6. The molecule has 0 aromatic carbocycles. The number of rotatable bonds is 9. The van der Waals surface area contributed by atoms with E-state index in [0.29, 0.717) is 23.7 Å². The minimum absolute atomic E-state index is 0.0317. The summed E-state index contributed by atoms with van der Waals surface area (Å²) in [6.45, 7) is 8.62. The number of cyclic esters (lactones) is 3. The van der Waals surface area contributed by atoms with Crippen LogP contribution in [0.1, 0.15) is 137 Å². The second-order valence-electron chi connectivity index (χ2n) is 17.9. The number of esters is 4. The van der Waals surface area contributed by atoms with Crippen LogP contribution in [0.4, 0.5) is 0 Å². The van der Waals surface area contributed by atoms with Crippen molar-refractivity contribution in [3.8, 4) is 0 Å². The first-order chi connectivity index (χ1) is 27.2. The van der Waals surface area contributed by atoms with E-state index in [1.165, 1.54) is 5.57 Å². The molecule has 298 valence electrons. The van der Waals surface area contributed by atoms with Gasteiger partial charge in [-0.2, -0.15) is 0 Å². The molecule has 4 aliphatic heterocycles. The molecular formula is C48H58O8. The van der Waals surface area contributed by atoms with Gasteiger partial charge < -0.3 is 18.9 Å². The van der Waals surface area contributed by atoms with E-state index < -0.39 is 11.0 Å². The van der Waals surface area contributed by atoms with E-state index in [1.54, 1.807) is 0 Å². The SMILES string of the molecule is CCC/C=C1\OC(=O)C2=C1CCC1C(CCC)C3(OC(=O)C4=C3CCC=C4)C21.CCC/C=C1\OC(=O)C2=CC3CC[C@]21C1C2=C(CC[C@@H]31)C(CCCC)OC2=O. The molecule has 0 N–H and O–H groups in total. The molecule has 56 heavy (non-hydrogen) atoms. The van der Waals surface area contributed by atoms with Crippen LogP contribution in [0.3, 0.4) is 0 Å². The fourth-order valence-corrected chi connectivity index (χ4v) is 13.0. The molecule has 0 amide bonds. The summed E-state index contributed by atoms with van der Waals surface area (Å²) < 4.78 is 23.6. The highest BCUT2D eigenvalue weighted by Gasteiger charge is 2.72. The van der Waals surface area contributed by atoms with Crippen molar-refractivity contribution in [2.45, 2.75) is 149 Å². The Labute approximate surface area is 331 Å². The highest BCUT2D eigenvalue weighted by Crippen LogP contribution is 2.70. The summed E-state index contributed by atoms with van der Waals surface area (Å²) in [5.41, 5.74) is 5.70. The monoisotopic (exact) mass is 762 g/mol. The lowest BCUT2D eigenvalue weighted by Gasteiger charge is -2.61. The first-order valence-electron chi connectivity index (χ1n) is 22.1. The average Bonchev–Trinajstić information content (AvgIpc) is 3.92. The zero-order valence-corrected chi connectivity index (χ0v) is 33.7. The Kier molecular flexibility index (Phi) is 9.72. The van der Waals surface area contributed by atoms with Crippen molar-refractivity contribution < 1.29 is 38.1 Å². The van der Waals surface area contributed by atoms with Gasteiger partial charge in [0.1, 0.15) is 23.2 Å². The maximum atomic E-state index is 13.1. The fraction of sp³-hybridized carbons (Fsp3) is 0.625. The third kappa shape index (κ3) is 5.28. The molecule has 4 heterocycles. The smallest absolute Gasteiger partial charge is 0.340 e. The molecule has 2 spiro atoms. The second-order valence-corrected chi connectivity index (χ2v) is 17.9. The van der Waals surface area contributed by atoms with E-state index in [-0.39, 0.29) is 41.8 Å². The molecule has 8 heteroatoms. The van der Waals surface area contributed by atoms with E-state index in [2.05, 4.69) is 52.0 Å². The van der Waals surface area contributed by atoms with Crippen LogP contribution >= 0.6 is 0 Å². The van der Waals surface area contributed by atoms with Crippen molar-refractivity contribution in [1.82, 2.24) is 0 Å². The summed E-state index contributed by atoms with van der Waals surface area (Å²) in [5.74, 6) is 2.41. The molecule has 1 saturated heterocycles. The van der Waals surface area contributed by atoms with E-state index in [1.807, 2.05) is 6.08 Å². The molecule has 3 fully saturated rings. The summed E-state index contributed by atoms with van der Waals surface area (Å²) in [6, 6.07) is 0. The summed E-state index contributed by atoms with van der Waals surface area (Å²) in [7, 11) is 0. The fourth-order valence-electron chi connectivity index (χ4n) is 13.0. The lowest BCUT2D eigenvalue weighted by atomic mass is 9.44. The topological polar surface area (TPSA) is 105 Å². The Hall–Kier alpha value is -3.94. The lowest BCUT2D eigenvalue weighted by molar-refractivity contribution is -0.197. The largest absolute Gasteiger partial charge is 0.454 e. The zero-order valence-electron chi connectivity index (χ0n) is 33.7. The van der Waals surface area contributed by atoms with Crippen molar-refractivity contribution in [3.63, 3.8) is 0 Å². The molecule has 7 aliphatic carbocycles. The van der Waals surface area contributed by atoms with Gasteiger partial charge in [-0.15, -0.1) is 0 Å². The normalized spacial score (nSPS) is 38.3. The summed E-state index contributed by atoms with van der Waals surface area (Å²) in [6.07, 6.45) is 27.2. The first kappa shape index (κ1) is 37.6. The quantitative estimate of drug-likeness (QED) is 0.169. The summed E-state index contributed by atoms with van der Waals surface area (Å²) in [4.78, 5) is 51.5. The molecule has 0 aromatic rings. The van der Waals surface area contributed by atoms with E-state index in [9.17, 15) is 19.2 Å². The maximum Gasteiger partial charge on any atom is 0.340 e. The van der Waals surface area contributed by atoms with Gasteiger partial charge in [-0.3, -0.25) is 0 Å². The number of carbonyl (C=O) groups excluding carboxylic acids is 4. The third-order valence-corrected chi connectivity index (χ3v) is 15.2. The predicted octanol–water partition coefficient (Wildman–Crippen LogP) is 9.92. The Morgan fingerprint density at radius 2 is 1.57 bits per heavy atom. The number of carbonyl (C=O) groups is 4. The van der Waals surface area contributed by atoms with E-state index in [0.717, 1.165) is 154 Å². The van der Waals surface area contributed by atoms with Crippen molar-refractivity contribution in [3.05, 3.63) is 80.9 Å². The third-order valence-electron chi connectivity index (χ3n) is 15.2. The molecule has 11 aliphatic rings. The van der Waals surface area contributed by atoms with Crippen molar-refractivity contribution >= 4 is 23.9 Å². The van der Waals surface area contributed by atoms with Crippen LogP contribution in [0.15, 0.2) is 80.9 Å². The Morgan fingerprint density at radius 1 is 0.768 bits per heavy atom. The molecular weight excluding hydrogens is 705 g/mol. The van der Waals surface area contributed by atoms with Gasteiger partial charge in [0.05, 0.1) is 16.6 Å². The van der Waals surface area contributed by atoms with Gasteiger partial charge in [-0.05, 0) is 125 Å². The van der Waals surface area contributed by atoms with Crippen LogP contribution in [0, 0.1) is 40.9 Å². The van der Waals surface area contributed by atoms with Gasteiger partial charge in [0.2, 0.25) is 0 Å². The molecule has 2 bridgehead atoms. The van der Waals surface area contributed by atoms with Gasteiger partial charge in [0, 0.05) is 34.5 Å². The van der Waals surface area contributed by atoms with Crippen molar-refractivity contribution in [2.24, 2.45) is 40.9 Å². The molecule has 8 nitrogen and oxygen atoms in total. The number of allylic oxidation sites excluding steroid dienone is 6. The average molecular weight is 763 g/mol. The number of unbranched alkanes of at least 4 members (excludes halogenated alkanes) is 3. The Balaban J connectivity index is 0.000000146. The molecule has 0 aromatic heterocycles. The van der Waals surface area contributed by atoms with Crippen LogP contribution in [-0.4, -0.2) is 35.6 Å². The number of hydrogen-bond acceptors (Lipinski definition) is 8.